The fourth-order valence-corrected chi connectivity index (χ4v) is 1.50. The summed E-state index contributed by atoms with van der Waals surface area (Å²) in [4.78, 5) is 22.0. The number of carbonyl (C=O) groups is 2. The first kappa shape index (κ1) is 9.85. The first-order valence-electron chi connectivity index (χ1n) is 4.80. The Morgan fingerprint density at radius 3 is 3.07 bits per heavy atom. The summed E-state index contributed by atoms with van der Waals surface area (Å²) in [5, 5.41) is 9.28. The molecule has 0 spiro atoms. The SMILES string of the molecule is O=C1C[C@@H](NCCn2cccn2)C(=O)N1. The lowest BCUT2D eigenvalue weighted by atomic mass is 10.2. The van der Waals surface area contributed by atoms with E-state index >= 15 is 0 Å². The van der Waals surface area contributed by atoms with Gasteiger partial charge in [-0.25, -0.2) is 0 Å². The van der Waals surface area contributed by atoms with Gasteiger partial charge in [-0.2, -0.15) is 5.10 Å². The van der Waals surface area contributed by atoms with Crippen LogP contribution in [0.15, 0.2) is 18.5 Å². The molecule has 1 aliphatic heterocycles. The van der Waals surface area contributed by atoms with Crippen LogP contribution in [0.4, 0.5) is 0 Å². The number of nitrogens with one attached hydrogen (secondary N) is 2. The van der Waals surface area contributed by atoms with Gasteiger partial charge >= 0.3 is 0 Å². The van der Waals surface area contributed by atoms with Crippen LogP contribution < -0.4 is 10.6 Å². The van der Waals surface area contributed by atoms with Crippen molar-refractivity contribution in [3.8, 4) is 0 Å². The smallest absolute Gasteiger partial charge is 0.244 e. The number of hydrogen-bond acceptors (Lipinski definition) is 4. The van der Waals surface area contributed by atoms with E-state index < -0.39 is 0 Å². The number of imide groups is 1. The van der Waals surface area contributed by atoms with Gasteiger partial charge < -0.3 is 5.32 Å². The van der Waals surface area contributed by atoms with Gasteiger partial charge in [0.25, 0.3) is 0 Å². The average Bonchev–Trinajstić information content (AvgIpc) is 2.77. The lowest BCUT2D eigenvalue weighted by molar-refractivity contribution is -0.125. The van der Waals surface area contributed by atoms with Crippen LogP contribution in [0.3, 0.4) is 0 Å². The van der Waals surface area contributed by atoms with Crippen molar-refractivity contribution in [2.75, 3.05) is 6.54 Å². The van der Waals surface area contributed by atoms with Crippen molar-refractivity contribution in [1.29, 1.82) is 0 Å². The van der Waals surface area contributed by atoms with Crippen LogP contribution in [0, 0.1) is 0 Å². The minimum absolute atomic E-state index is 0.211. The van der Waals surface area contributed by atoms with E-state index in [2.05, 4.69) is 15.7 Å². The normalized spacial score (nSPS) is 20.7. The first-order chi connectivity index (χ1) is 7.25. The summed E-state index contributed by atoms with van der Waals surface area (Å²) in [5.74, 6) is -0.447. The van der Waals surface area contributed by atoms with E-state index in [1.54, 1.807) is 10.9 Å². The highest BCUT2D eigenvalue weighted by molar-refractivity contribution is 6.05. The van der Waals surface area contributed by atoms with Gasteiger partial charge in [-0.05, 0) is 6.07 Å². The molecule has 0 aliphatic carbocycles. The highest BCUT2D eigenvalue weighted by atomic mass is 16.2. The molecule has 0 radical (unpaired) electrons. The van der Waals surface area contributed by atoms with Crippen molar-refractivity contribution < 1.29 is 9.59 Å². The Hall–Kier alpha value is -1.69. The standard InChI is InChI=1S/C9H12N4O2/c14-8-6-7(9(15)12-8)10-3-5-13-4-1-2-11-13/h1-2,4,7,10H,3,5-6H2,(H,12,14,15)/t7-/m1/s1. The van der Waals surface area contributed by atoms with Crippen molar-refractivity contribution >= 4 is 11.8 Å². The molecule has 80 valence electrons. The molecular formula is C9H12N4O2. The van der Waals surface area contributed by atoms with Crippen LogP contribution in [0.25, 0.3) is 0 Å². The lowest BCUT2D eigenvalue weighted by Crippen LogP contribution is -2.37. The minimum Gasteiger partial charge on any atom is -0.304 e. The van der Waals surface area contributed by atoms with Crippen LogP contribution in [0.2, 0.25) is 0 Å². The van der Waals surface area contributed by atoms with Gasteiger partial charge in [0.1, 0.15) is 0 Å². The molecule has 6 nitrogen and oxygen atoms in total. The Bertz CT molecular complexity index is 360. The molecule has 0 aromatic carbocycles. The van der Waals surface area contributed by atoms with Crippen molar-refractivity contribution in [2.24, 2.45) is 0 Å². The Labute approximate surface area is 86.6 Å². The van der Waals surface area contributed by atoms with Crippen LogP contribution >= 0.6 is 0 Å². The predicted molar refractivity (Wildman–Crippen MR) is 51.8 cm³/mol. The second-order valence-electron chi connectivity index (χ2n) is 3.39. The summed E-state index contributed by atoms with van der Waals surface area (Å²) in [7, 11) is 0. The molecule has 1 fully saturated rings. The van der Waals surface area contributed by atoms with E-state index in [9.17, 15) is 9.59 Å². The number of amides is 2. The fraction of sp³-hybridized carbons (Fsp3) is 0.444. The van der Waals surface area contributed by atoms with E-state index in [1.165, 1.54) is 0 Å². The first-order valence-corrected chi connectivity index (χ1v) is 4.80. The third-order valence-corrected chi connectivity index (χ3v) is 2.26. The maximum atomic E-state index is 11.2. The summed E-state index contributed by atoms with van der Waals surface area (Å²) < 4.78 is 1.77. The van der Waals surface area contributed by atoms with Crippen LogP contribution in [0.1, 0.15) is 6.42 Å². The molecule has 2 N–H and O–H groups in total. The zero-order chi connectivity index (χ0) is 10.7. The summed E-state index contributed by atoms with van der Waals surface area (Å²) in [6, 6.07) is 1.46. The fourth-order valence-electron chi connectivity index (χ4n) is 1.50. The van der Waals surface area contributed by atoms with Gasteiger partial charge in [0, 0.05) is 18.9 Å². The van der Waals surface area contributed by atoms with Gasteiger partial charge in [-0.15, -0.1) is 0 Å². The highest BCUT2D eigenvalue weighted by Crippen LogP contribution is 2.00. The average molecular weight is 208 g/mol. The van der Waals surface area contributed by atoms with Gasteiger partial charge in [-0.3, -0.25) is 19.6 Å². The molecule has 1 saturated heterocycles. The van der Waals surface area contributed by atoms with Crippen molar-refractivity contribution in [2.45, 2.75) is 19.0 Å². The zero-order valence-electron chi connectivity index (χ0n) is 8.14. The Morgan fingerprint density at radius 2 is 2.47 bits per heavy atom. The molecule has 0 saturated carbocycles. The number of hydrogen-bond donors (Lipinski definition) is 2. The van der Waals surface area contributed by atoms with E-state index in [0.717, 1.165) is 0 Å². The van der Waals surface area contributed by atoms with Crippen LogP contribution in [0.5, 0.6) is 0 Å². The molecule has 2 amide bonds. The quantitative estimate of drug-likeness (QED) is 0.615. The molecule has 2 rings (SSSR count). The molecule has 6 heteroatoms. The Balaban J connectivity index is 1.74. The molecular weight excluding hydrogens is 196 g/mol. The third kappa shape index (κ3) is 2.41. The summed E-state index contributed by atoms with van der Waals surface area (Å²) >= 11 is 0. The molecule has 0 bridgehead atoms. The minimum atomic E-state index is -0.381. The van der Waals surface area contributed by atoms with E-state index in [-0.39, 0.29) is 24.3 Å². The molecule has 0 unspecified atom stereocenters. The third-order valence-electron chi connectivity index (χ3n) is 2.26. The summed E-state index contributed by atoms with van der Waals surface area (Å²) in [5.41, 5.74) is 0. The molecule has 1 atom stereocenters. The maximum absolute atomic E-state index is 11.2. The molecule has 1 aliphatic rings. The van der Waals surface area contributed by atoms with Crippen LogP contribution in [-0.4, -0.2) is 34.2 Å². The van der Waals surface area contributed by atoms with Gasteiger partial charge in [0.2, 0.25) is 11.8 Å². The molecule has 15 heavy (non-hydrogen) atoms. The largest absolute Gasteiger partial charge is 0.304 e. The predicted octanol–water partition coefficient (Wildman–Crippen LogP) is -1.11. The Kier molecular flexibility index (Phi) is 2.77. The van der Waals surface area contributed by atoms with E-state index in [4.69, 9.17) is 0 Å². The second-order valence-corrected chi connectivity index (χ2v) is 3.39. The number of aromatic nitrogens is 2. The lowest BCUT2D eigenvalue weighted by Gasteiger charge is -2.08. The topological polar surface area (TPSA) is 76.0 Å². The van der Waals surface area contributed by atoms with Crippen molar-refractivity contribution in [3.63, 3.8) is 0 Å². The number of nitrogens with zero attached hydrogens (tertiary/aromatic N) is 2. The van der Waals surface area contributed by atoms with E-state index in [1.807, 2.05) is 12.3 Å². The molecule has 1 aromatic heterocycles. The highest BCUT2D eigenvalue weighted by Gasteiger charge is 2.29. The monoisotopic (exact) mass is 208 g/mol. The van der Waals surface area contributed by atoms with Crippen LogP contribution in [-0.2, 0) is 16.1 Å². The Morgan fingerprint density at radius 1 is 1.60 bits per heavy atom. The van der Waals surface area contributed by atoms with Crippen molar-refractivity contribution in [1.82, 2.24) is 20.4 Å². The maximum Gasteiger partial charge on any atom is 0.244 e. The zero-order valence-corrected chi connectivity index (χ0v) is 8.14. The van der Waals surface area contributed by atoms with Crippen molar-refractivity contribution in [3.05, 3.63) is 18.5 Å². The van der Waals surface area contributed by atoms with Gasteiger partial charge in [-0.1, -0.05) is 0 Å². The van der Waals surface area contributed by atoms with Gasteiger partial charge in [0.05, 0.1) is 19.0 Å². The summed E-state index contributed by atoms with van der Waals surface area (Å²) in [6.45, 7) is 1.30. The molecule has 2 heterocycles. The van der Waals surface area contributed by atoms with Gasteiger partial charge in [0.15, 0.2) is 0 Å². The number of carbonyl (C=O) groups excluding carboxylic acids is 2. The number of rotatable bonds is 4. The second kappa shape index (κ2) is 4.22. The summed E-state index contributed by atoms with van der Waals surface area (Å²) in [6.07, 6.45) is 3.78. The van der Waals surface area contributed by atoms with E-state index in [0.29, 0.717) is 13.1 Å². The molecule has 1 aromatic rings.